The lowest BCUT2D eigenvalue weighted by molar-refractivity contribution is -0.142. The number of thioether (sulfide) groups is 1. The van der Waals surface area contributed by atoms with Crippen LogP contribution in [0.15, 0.2) is 35.9 Å². The van der Waals surface area contributed by atoms with Crippen LogP contribution in [0.25, 0.3) is 6.08 Å². The van der Waals surface area contributed by atoms with E-state index in [0.29, 0.717) is 5.88 Å². The van der Waals surface area contributed by atoms with Crippen LogP contribution in [0.5, 0.6) is 0 Å². The fourth-order valence-corrected chi connectivity index (χ4v) is 4.32. The molecule has 2 aliphatic rings. The average Bonchev–Trinajstić information content (AvgIpc) is 3.06. The van der Waals surface area contributed by atoms with Crippen LogP contribution in [0.4, 0.5) is 0 Å². The van der Waals surface area contributed by atoms with Crippen LogP contribution in [0.3, 0.4) is 0 Å². The number of carbonyl (C=O) groups is 2. The minimum atomic E-state index is -0.267. The van der Waals surface area contributed by atoms with Gasteiger partial charge in [0.05, 0.1) is 5.88 Å². The van der Waals surface area contributed by atoms with Gasteiger partial charge in [-0.15, -0.1) is 11.8 Å². The van der Waals surface area contributed by atoms with Gasteiger partial charge in [-0.25, -0.2) is 0 Å². The second kappa shape index (κ2) is 7.21. The molecule has 0 aromatic heterocycles. The molecule has 2 heterocycles. The number of nitrogens with zero attached hydrogens (tertiary/aromatic N) is 2. The van der Waals surface area contributed by atoms with Gasteiger partial charge in [-0.3, -0.25) is 9.59 Å². The molecular weight excluding hydrogens is 308 g/mol. The first kappa shape index (κ1) is 16.1. The Bertz CT molecular complexity index is 605. The molecule has 0 N–H and O–H groups in total. The average molecular weight is 330 g/mol. The van der Waals surface area contributed by atoms with E-state index in [1.807, 2.05) is 23.1 Å². The summed E-state index contributed by atoms with van der Waals surface area (Å²) >= 11 is 1.66. The van der Waals surface area contributed by atoms with Crippen LogP contribution in [0.1, 0.15) is 25.3 Å². The Morgan fingerprint density at radius 2 is 1.87 bits per heavy atom. The largest absolute Gasteiger partial charge is 0.340 e. The molecule has 0 saturated carbocycles. The third-order valence-electron chi connectivity index (χ3n) is 4.46. The Kier molecular flexibility index (Phi) is 5.06. The Morgan fingerprint density at radius 1 is 1.17 bits per heavy atom. The highest BCUT2D eigenvalue weighted by Gasteiger charge is 2.36. The van der Waals surface area contributed by atoms with Crippen molar-refractivity contribution in [3.8, 4) is 0 Å². The molecule has 1 aromatic rings. The number of hydrogen-bond acceptors (Lipinski definition) is 3. The Hall–Kier alpha value is -1.75. The maximum Gasteiger partial charge on any atom is 0.246 e. The highest BCUT2D eigenvalue weighted by Crippen LogP contribution is 2.25. The molecule has 4 nitrogen and oxygen atoms in total. The van der Waals surface area contributed by atoms with Gasteiger partial charge in [0.15, 0.2) is 0 Å². The molecule has 2 fully saturated rings. The number of piperidine rings is 1. The van der Waals surface area contributed by atoms with E-state index in [-0.39, 0.29) is 17.9 Å². The van der Waals surface area contributed by atoms with Crippen LogP contribution >= 0.6 is 11.8 Å². The number of rotatable bonds is 2. The van der Waals surface area contributed by atoms with E-state index in [2.05, 4.69) is 18.2 Å². The van der Waals surface area contributed by atoms with Gasteiger partial charge in [0.1, 0.15) is 6.04 Å². The van der Waals surface area contributed by atoms with Gasteiger partial charge in [0, 0.05) is 25.8 Å². The molecule has 0 bridgehead atoms. The molecule has 2 amide bonds. The highest BCUT2D eigenvalue weighted by atomic mass is 32.2. The van der Waals surface area contributed by atoms with Crippen LogP contribution in [-0.2, 0) is 9.59 Å². The SMILES string of the molecule is CC(=O)N1CSC[C@@H]1C(=O)N1CCC(=Cc2ccccc2)CC1. The first-order valence-electron chi connectivity index (χ1n) is 8.03. The van der Waals surface area contributed by atoms with Crippen molar-refractivity contribution in [2.24, 2.45) is 0 Å². The molecule has 2 aliphatic heterocycles. The summed E-state index contributed by atoms with van der Waals surface area (Å²) in [7, 11) is 0. The molecule has 5 heteroatoms. The molecule has 1 aromatic carbocycles. The zero-order valence-electron chi connectivity index (χ0n) is 13.4. The van der Waals surface area contributed by atoms with Gasteiger partial charge in [-0.1, -0.05) is 42.0 Å². The smallest absolute Gasteiger partial charge is 0.246 e. The molecule has 0 unspecified atom stereocenters. The molecule has 0 spiro atoms. The Balaban J connectivity index is 1.59. The van der Waals surface area contributed by atoms with Crippen molar-refractivity contribution in [1.29, 1.82) is 0 Å². The summed E-state index contributed by atoms with van der Waals surface area (Å²) in [6.45, 7) is 3.05. The second-order valence-electron chi connectivity index (χ2n) is 6.04. The standard InChI is InChI=1S/C18H22N2O2S/c1-14(21)20-13-23-12-17(20)18(22)19-9-7-16(8-10-19)11-15-5-3-2-4-6-15/h2-6,11,17H,7-10,12-13H2,1H3/t17-/m1/s1. The van der Waals surface area contributed by atoms with Gasteiger partial charge in [-0.05, 0) is 18.4 Å². The predicted octanol–water partition coefficient (Wildman–Crippen LogP) is 2.61. The summed E-state index contributed by atoms with van der Waals surface area (Å²) in [4.78, 5) is 27.9. The topological polar surface area (TPSA) is 40.6 Å². The summed E-state index contributed by atoms with van der Waals surface area (Å²) < 4.78 is 0. The van der Waals surface area contributed by atoms with Crippen molar-refractivity contribution in [2.75, 3.05) is 24.7 Å². The van der Waals surface area contributed by atoms with E-state index in [0.717, 1.165) is 31.7 Å². The van der Waals surface area contributed by atoms with Crippen LogP contribution in [0.2, 0.25) is 0 Å². The molecule has 3 rings (SSSR count). The van der Waals surface area contributed by atoms with Crippen molar-refractivity contribution in [2.45, 2.75) is 25.8 Å². The minimum Gasteiger partial charge on any atom is -0.340 e. The monoisotopic (exact) mass is 330 g/mol. The van der Waals surface area contributed by atoms with Crippen molar-refractivity contribution in [3.05, 3.63) is 41.5 Å². The number of hydrogen-bond donors (Lipinski definition) is 0. The number of benzene rings is 1. The van der Waals surface area contributed by atoms with Crippen molar-refractivity contribution in [3.63, 3.8) is 0 Å². The summed E-state index contributed by atoms with van der Waals surface area (Å²) in [5, 5.41) is 0. The number of likely N-dealkylation sites (tertiary alicyclic amines) is 1. The zero-order valence-corrected chi connectivity index (χ0v) is 14.2. The molecule has 122 valence electrons. The van der Waals surface area contributed by atoms with Crippen molar-refractivity contribution < 1.29 is 9.59 Å². The van der Waals surface area contributed by atoms with Gasteiger partial charge in [-0.2, -0.15) is 0 Å². The minimum absolute atomic E-state index is 0.00461. The van der Waals surface area contributed by atoms with Crippen LogP contribution in [-0.4, -0.2) is 52.4 Å². The highest BCUT2D eigenvalue weighted by molar-refractivity contribution is 7.99. The first-order valence-corrected chi connectivity index (χ1v) is 9.19. The lowest BCUT2D eigenvalue weighted by atomic mass is 10.0. The van der Waals surface area contributed by atoms with Gasteiger partial charge < -0.3 is 9.80 Å². The van der Waals surface area contributed by atoms with Gasteiger partial charge >= 0.3 is 0 Å². The second-order valence-corrected chi connectivity index (χ2v) is 7.04. The Labute approximate surface area is 141 Å². The van der Waals surface area contributed by atoms with E-state index in [4.69, 9.17) is 0 Å². The van der Waals surface area contributed by atoms with Crippen LogP contribution in [0, 0.1) is 0 Å². The maximum atomic E-state index is 12.7. The Morgan fingerprint density at radius 3 is 2.52 bits per heavy atom. The normalized spacial score (nSPS) is 21.4. The molecule has 1 atom stereocenters. The number of amides is 2. The van der Waals surface area contributed by atoms with Crippen LogP contribution < -0.4 is 0 Å². The summed E-state index contributed by atoms with van der Waals surface area (Å²) in [5.74, 6) is 1.47. The number of carbonyl (C=O) groups excluding carboxylic acids is 2. The van der Waals surface area contributed by atoms with E-state index in [9.17, 15) is 9.59 Å². The van der Waals surface area contributed by atoms with E-state index in [1.165, 1.54) is 11.1 Å². The molecule has 0 radical (unpaired) electrons. The molecule has 23 heavy (non-hydrogen) atoms. The van der Waals surface area contributed by atoms with Gasteiger partial charge in [0.2, 0.25) is 11.8 Å². The van der Waals surface area contributed by atoms with Gasteiger partial charge in [0.25, 0.3) is 0 Å². The summed E-state index contributed by atoms with van der Waals surface area (Å²) in [6, 6.07) is 10.0. The summed E-state index contributed by atoms with van der Waals surface area (Å²) in [5.41, 5.74) is 2.61. The molecule has 2 saturated heterocycles. The molecular formula is C18H22N2O2S. The third kappa shape index (κ3) is 3.78. The lowest BCUT2D eigenvalue weighted by Gasteiger charge is -2.32. The van der Waals surface area contributed by atoms with Crippen molar-refractivity contribution >= 4 is 29.7 Å². The fourth-order valence-electron chi connectivity index (χ4n) is 3.11. The van der Waals surface area contributed by atoms with Crippen molar-refractivity contribution in [1.82, 2.24) is 9.80 Å². The van der Waals surface area contributed by atoms with E-state index in [1.54, 1.807) is 23.6 Å². The van der Waals surface area contributed by atoms with E-state index < -0.39 is 0 Å². The maximum absolute atomic E-state index is 12.7. The summed E-state index contributed by atoms with van der Waals surface area (Å²) in [6.07, 6.45) is 4.07. The molecule has 0 aliphatic carbocycles. The zero-order chi connectivity index (χ0) is 16.2. The third-order valence-corrected chi connectivity index (χ3v) is 5.47. The van der Waals surface area contributed by atoms with E-state index >= 15 is 0 Å². The first-order chi connectivity index (χ1) is 11.1. The predicted molar refractivity (Wildman–Crippen MR) is 93.9 cm³/mol. The lowest BCUT2D eigenvalue weighted by Crippen LogP contribution is -2.50. The fraction of sp³-hybridized carbons (Fsp3) is 0.444. The quantitative estimate of drug-likeness (QED) is 0.837.